The van der Waals surface area contributed by atoms with Crippen molar-refractivity contribution in [3.8, 4) is 0 Å². The monoisotopic (exact) mass is 480 g/mol. The van der Waals surface area contributed by atoms with Gasteiger partial charge in [0.2, 0.25) is 11.8 Å². The second kappa shape index (κ2) is 11.1. The van der Waals surface area contributed by atoms with Crippen LogP contribution in [-0.2, 0) is 16.0 Å². The van der Waals surface area contributed by atoms with Gasteiger partial charge >= 0.3 is 0 Å². The Kier molecular flexibility index (Phi) is 8.22. The van der Waals surface area contributed by atoms with Crippen molar-refractivity contribution in [2.24, 2.45) is 5.92 Å². The van der Waals surface area contributed by atoms with Crippen molar-refractivity contribution >= 4 is 23.4 Å². The number of nitrogens with zero attached hydrogens (tertiary/aromatic N) is 3. The second-order valence-corrected chi connectivity index (χ2v) is 9.34. The van der Waals surface area contributed by atoms with E-state index in [1.807, 2.05) is 51.1 Å². The van der Waals surface area contributed by atoms with Crippen LogP contribution in [0.3, 0.4) is 0 Å². The zero-order valence-electron chi connectivity index (χ0n) is 20.6. The standard InChI is InChI=1S/C26H32N4O5/c1-17(2)24(27-25(32)21-11-10-18(3)22(15-21)30(34)35)26(33)28-12-13-29(19(4)16-28)23(31)14-20-8-6-5-7-9-20/h5-11,15,17,19,24H,12-14,16H2,1-4H3,(H,27,32). The summed E-state index contributed by atoms with van der Waals surface area (Å²) < 4.78 is 0. The first-order valence-corrected chi connectivity index (χ1v) is 11.8. The van der Waals surface area contributed by atoms with Crippen LogP contribution < -0.4 is 5.32 Å². The molecule has 2 aromatic carbocycles. The Hall–Kier alpha value is -3.75. The number of nitrogens with one attached hydrogen (secondary N) is 1. The van der Waals surface area contributed by atoms with Crippen LogP contribution in [0.15, 0.2) is 48.5 Å². The molecule has 2 atom stereocenters. The molecule has 0 radical (unpaired) electrons. The Labute approximate surface area is 205 Å². The summed E-state index contributed by atoms with van der Waals surface area (Å²) in [7, 11) is 0. The van der Waals surface area contributed by atoms with Crippen LogP contribution in [0, 0.1) is 23.0 Å². The van der Waals surface area contributed by atoms with E-state index in [9.17, 15) is 24.5 Å². The van der Waals surface area contributed by atoms with Crippen LogP contribution in [0.2, 0.25) is 0 Å². The molecule has 186 valence electrons. The Bertz CT molecular complexity index is 1100. The molecule has 2 unspecified atom stereocenters. The van der Waals surface area contributed by atoms with Crippen LogP contribution in [0.5, 0.6) is 0 Å². The Balaban J connectivity index is 1.65. The molecule has 3 amide bonds. The van der Waals surface area contributed by atoms with Gasteiger partial charge in [-0.3, -0.25) is 24.5 Å². The van der Waals surface area contributed by atoms with Gasteiger partial charge in [0.15, 0.2) is 0 Å². The number of nitro groups is 1. The number of rotatable bonds is 7. The van der Waals surface area contributed by atoms with Crippen LogP contribution >= 0.6 is 0 Å². The lowest BCUT2D eigenvalue weighted by molar-refractivity contribution is -0.385. The molecule has 35 heavy (non-hydrogen) atoms. The molecule has 0 aliphatic carbocycles. The number of carbonyl (C=O) groups is 3. The zero-order chi connectivity index (χ0) is 25.7. The van der Waals surface area contributed by atoms with Crippen molar-refractivity contribution in [3.05, 3.63) is 75.3 Å². The highest BCUT2D eigenvalue weighted by Gasteiger charge is 2.34. The van der Waals surface area contributed by atoms with Gasteiger partial charge in [0.05, 0.1) is 11.3 Å². The van der Waals surface area contributed by atoms with E-state index >= 15 is 0 Å². The first kappa shape index (κ1) is 25.9. The van der Waals surface area contributed by atoms with E-state index in [1.54, 1.807) is 16.7 Å². The Morgan fingerprint density at radius 2 is 1.80 bits per heavy atom. The average molecular weight is 481 g/mol. The molecule has 1 aliphatic rings. The van der Waals surface area contributed by atoms with Gasteiger partial charge in [-0.15, -0.1) is 0 Å². The predicted octanol–water partition coefficient (Wildman–Crippen LogP) is 2.96. The molecule has 3 rings (SSSR count). The molecule has 0 spiro atoms. The summed E-state index contributed by atoms with van der Waals surface area (Å²) in [5, 5.41) is 14.0. The van der Waals surface area contributed by atoms with E-state index in [0.717, 1.165) is 5.56 Å². The summed E-state index contributed by atoms with van der Waals surface area (Å²) in [5.41, 5.74) is 1.39. The van der Waals surface area contributed by atoms with Gasteiger partial charge in [-0.2, -0.15) is 0 Å². The predicted molar refractivity (Wildman–Crippen MR) is 132 cm³/mol. The smallest absolute Gasteiger partial charge is 0.273 e. The van der Waals surface area contributed by atoms with Crippen molar-refractivity contribution in [3.63, 3.8) is 0 Å². The van der Waals surface area contributed by atoms with Crippen molar-refractivity contribution in [1.82, 2.24) is 15.1 Å². The van der Waals surface area contributed by atoms with Crippen molar-refractivity contribution in [2.45, 2.75) is 46.2 Å². The first-order valence-electron chi connectivity index (χ1n) is 11.8. The molecule has 1 heterocycles. The maximum Gasteiger partial charge on any atom is 0.273 e. The van der Waals surface area contributed by atoms with Crippen LogP contribution in [0.25, 0.3) is 0 Å². The fraction of sp³-hybridized carbons (Fsp3) is 0.423. The summed E-state index contributed by atoms with van der Waals surface area (Å²) >= 11 is 0. The summed E-state index contributed by atoms with van der Waals surface area (Å²) in [6, 6.07) is 12.9. The number of benzene rings is 2. The minimum absolute atomic E-state index is 0.0190. The molecule has 9 heteroatoms. The zero-order valence-corrected chi connectivity index (χ0v) is 20.6. The highest BCUT2D eigenvalue weighted by molar-refractivity contribution is 5.98. The number of nitro benzene ring substituents is 1. The third kappa shape index (κ3) is 6.23. The van der Waals surface area contributed by atoms with Crippen LogP contribution in [-0.4, -0.2) is 64.2 Å². The number of hydrogen-bond acceptors (Lipinski definition) is 5. The van der Waals surface area contributed by atoms with Crippen molar-refractivity contribution < 1.29 is 19.3 Å². The van der Waals surface area contributed by atoms with Crippen molar-refractivity contribution in [2.75, 3.05) is 19.6 Å². The molecule has 0 bridgehead atoms. The normalized spacial score (nSPS) is 16.7. The largest absolute Gasteiger partial charge is 0.340 e. The molecule has 0 saturated carbocycles. The molecule has 2 aromatic rings. The van der Waals surface area contributed by atoms with Gasteiger partial charge in [-0.1, -0.05) is 50.2 Å². The number of carbonyl (C=O) groups excluding carboxylic acids is 3. The minimum Gasteiger partial charge on any atom is -0.340 e. The van der Waals surface area contributed by atoms with Crippen molar-refractivity contribution in [1.29, 1.82) is 0 Å². The summed E-state index contributed by atoms with van der Waals surface area (Å²) in [6.07, 6.45) is 0.312. The lowest BCUT2D eigenvalue weighted by Gasteiger charge is -2.41. The fourth-order valence-corrected chi connectivity index (χ4v) is 4.28. The molecule has 9 nitrogen and oxygen atoms in total. The SMILES string of the molecule is Cc1ccc(C(=O)NC(C(=O)N2CCN(C(=O)Cc3ccccc3)C(C)C2)C(C)C)cc1[N+](=O)[O-]. The fourth-order valence-electron chi connectivity index (χ4n) is 4.28. The third-order valence-electron chi connectivity index (χ3n) is 6.35. The van der Waals surface area contributed by atoms with E-state index in [-0.39, 0.29) is 35.0 Å². The topological polar surface area (TPSA) is 113 Å². The van der Waals surface area contributed by atoms with Gasteiger partial charge in [0, 0.05) is 42.9 Å². The number of hydrogen-bond donors (Lipinski definition) is 1. The third-order valence-corrected chi connectivity index (χ3v) is 6.35. The summed E-state index contributed by atoms with van der Waals surface area (Å²) in [6.45, 7) is 8.35. The van der Waals surface area contributed by atoms with E-state index in [0.29, 0.717) is 31.6 Å². The highest BCUT2D eigenvalue weighted by atomic mass is 16.6. The number of piperazine rings is 1. The molecule has 0 aromatic heterocycles. The van der Waals surface area contributed by atoms with Gasteiger partial charge in [-0.05, 0) is 31.4 Å². The van der Waals surface area contributed by atoms with E-state index in [2.05, 4.69) is 5.32 Å². The molecule has 1 fully saturated rings. The second-order valence-electron chi connectivity index (χ2n) is 9.34. The molecule has 1 N–H and O–H groups in total. The van der Waals surface area contributed by atoms with Gasteiger partial charge < -0.3 is 15.1 Å². The van der Waals surface area contributed by atoms with Gasteiger partial charge in [0.1, 0.15) is 6.04 Å². The maximum absolute atomic E-state index is 13.3. The first-order chi connectivity index (χ1) is 16.6. The van der Waals surface area contributed by atoms with Gasteiger partial charge in [0.25, 0.3) is 11.6 Å². The van der Waals surface area contributed by atoms with Gasteiger partial charge in [-0.25, -0.2) is 0 Å². The quantitative estimate of drug-likeness (QED) is 0.484. The highest BCUT2D eigenvalue weighted by Crippen LogP contribution is 2.20. The molecular weight excluding hydrogens is 448 g/mol. The summed E-state index contributed by atoms with van der Waals surface area (Å²) in [5.74, 6) is -0.938. The Morgan fingerprint density at radius 3 is 2.40 bits per heavy atom. The lowest BCUT2D eigenvalue weighted by atomic mass is 10.0. The maximum atomic E-state index is 13.3. The lowest BCUT2D eigenvalue weighted by Crippen LogP contribution is -2.60. The van der Waals surface area contributed by atoms with E-state index in [4.69, 9.17) is 0 Å². The average Bonchev–Trinajstić information content (AvgIpc) is 2.82. The van der Waals surface area contributed by atoms with E-state index in [1.165, 1.54) is 18.2 Å². The van der Waals surface area contributed by atoms with E-state index < -0.39 is 16.9 Å². The van der Waals surface area contributed by atoms with Crippen LogP contribution in [0.1, 0.15) is 42.3 Å². The number of amides is 3. The molecule has 1 aliphatic heterocycles. The Morgan fingerprint density at radius 1 is 1.11 bits per heavy atom. The minimum atomic E-state index is -0.790. The molecule has 1 saturated heterocycles. The molecular formula is C26H32N4O5. The number of aryl methyl sites for hydroxylation is 1. The van der Waals surface area contributed by atoms with Crippen LogP contribution in [0.4, 0.5) is 5.69 Å². The summed E-state index contributed by atoms with van der Waals surface area (Å²) in [4.78, 5) is 53.2.